The topological polar surface area (TPSA) is 29.1 Å². The second-order valence-corrected chi connectivity index (χ2v) is 4.80. The van der Waals surface area contributed by atoms with Crippen molar-refractivity contribution in [3.63, 3.8) is 0 Å². The molecule has 0 aliphatic carbocycles. The maximum Gasteiger partial charge on any atom is 0.220 e. The van der Waals surface area contributed by atoms with Crippen LogP contribution in [-0.4, -0.2) is 18.7 Å². The molecule has 0 saturated heterocycles. The molecule has 0 spiro atoms. The van der Waals surface area contributed by atoms with E-state index >= 15 is 0 Å². The minimum Gasteiger partial charge on any atom is -0.359 e. The van der Waals surface area contributed by atoms with Gasteiger partial charge in [-0.3, -0.25) is 4.79 Å². The zero-order valence-electron chi connectivity index (χ0n) is 9.19. The van der Waals surface area contributed by atoms with E-state index in [2.05, 4.69) is 24.4 Å². The normalized spacial score (nSPS) is 12.1. The van der Waals surface area contributed by atoms with Crippen molar-refractivity contribution in [3.8, 4) is 0 Å². The number of hydrogen-bond donors (Lipinski definition) is 1. The molecule has 0 heterocycles. The summed E-state index contributed by atoms with van der Waals surface area (Å²) in [5, 5.41) is 3.08. The number of carbonyl (C=O) groups is 1. The first kappa shape index (κ1) is 12.1. The van der Waals surface area contributed by atoms with Crippen molar-refractivity contribution in [1.82, 2.24) is 5.32 Å². The molecule has 0 radical (unpaired) electrons. The lowest BCUT2D eigenvalue weighted by atomic mass is 10.2. The van der Waals surface area contributed by atoms with E-state index in [9.17, 15) is 4.79 Å². The monoisotopic (exact) mass is 223 g/mol. The highest BCUT2D eigenvalue weighted by atomic mass is 32.2. The first-order valence-corrected chi connectivity index (χ1v) is 6.16. The third kappa shape index (κ3) is 4.38. The van der Waals surface area contributed by atoms with Crippen LogP contribution in [0.5, 0.6) is 0 Å². The van der Waals surface area contributed by atoms with Crippen LogP contribution in [0.3, 0.4) is 0 Å². The second-order valence-electron chi connectivity index (χ2n) is 3.35. The molecule has 3 heteroatoms. The van der Waals surface area contributed by atoms with Crippen LogP contribution in [0.1, 0.15) is 24.2 Å². The van der Waals surface area contributed by atoms with Crippen LogP contribution in [0.25, 0.3) is 0 Å². The van der Waals surface area contributed by atoms with Gasteiger partial charge in [0.15, 0.2) is 0 Å². The Hall–Kier alpha value is -0.960. The van der Waals surface area contributed by atoms with Gasteiger partial charge >= 0.3 is 0 Å². The molecule has 1 aromatic carbocycles. The van der Waals surface area contributed by atoms with Crippen LogP contribution in [0.2, 0.25) is 0 Å². The Morgan fingerprint density at radius 3 is 2.67 bits per heavy atom. The van der Waals surface area contributed by atoms with Crippen LogP contribution in [0, 0.1) is 0 Å². The number of thioether (sulfide) groups is 1. The predicted molar refractivity (Wildman–Crippen MR) is 66.0 cm³/mol. The van der Waals surface area contributed by atoms with Crippen LogP contribution >= 0.6 is 11.8 Å². The molecule has 1 aromatic rings. The lowest BCUT2D eigenvalue weighted by Crippen LogP contribution is -2.18. The smallest absolute Gasteiger partial charge is 0.220 e. The molecule has 1 atom stereocenters. The average Bonchev–Trinajstić information content (AvgIpc) is 2.29. The Morgan fingerprint density at radius 2 is 2.07 bits per heavy atom. The maximum atomic E-state index is 11.0. The fraction of sp³-hybridized carbons (Fsp3) is 0.417. The number of carbonyl (C=O) groups excluding carboxylic acids is 1. The summed E-state index contributed by atoms with van der Waals surface area (Å²) in [4.78, 5) is 11.0. The van der Waals surface area contributed by atoms with E-state index < -0.39 is 0 Å². The van der Waals surface area contributed by atoms with Gasteiger partial charge in [-0.1, -0.05) is 30.3 Å². The fourth-order valence-electron chi connectivity index (χ4n) is 1.27. The quantitative estimate of drug-likeness (QED) is 0.831. The van der Waals surface area contributed by atoms with E-state index in [1.807, 2.05) is 30.0 Å². The zero-order chi connectivity index (χ0) is 11.1. The van der Waals surface area contributed by atoms with Gasteiger partial charge in [-0.2, -0.15) is 11.8 Å². The summed E-state index contributed by atoms with van der Waals surface area (Å²) in [6.07, 6.45) is 0.596. The Kier molecular flexibility index (Phi) is 5.26. The molecule has 1 rings (SSSR count). The Morgan fingerprint density at radius 1 is 1.40 bits per heavy atom. The van der Waals surface area contributed by atoms with Gasteiger partial charge in [-0.05, 0) is 12.5 Å². The van der Waals surface area contributed by atoms with Gasteiger partial charge in [0.1, 0.15) is 0 Å². The average molecular weight is 223 g/mol. The van der Waals surface area contributed by atoms with Crippen LogP contribution in [0.4, 0.5) is 0 Å². The molecule has 0 aromatic heterocycles. The third-order valence-corrected chi connectivity index (χ3v) is 3.46. The molecular formula is C12H17NOS. The molecule has 0 bridgehead atoms. The Labute approximate surface area is 95.5 Å². The fourth-order valence-corrected chi connectivity index (χ4v) is 2.28. The number of benzene rings is 1. The molecule has 0 fully saturated rings. The molecule has 0 saturated carbocycles. The first-order valence-electron chi connectivity index (χ1n) is 5.11. The number of rotatable bonds is 5. The van der Waals surface area contributed by atoms with E-state index in [0.29, 0.717) is 11.7 Å². The molecule has 1 amide bonds. The van der Waals surface area contributed by atoms with Crippen LogP contribution in [-0.2, 0) is 4.79 Å². The summed E-state index contributed by atoms with van der Waals surface area (Å²) in [6, 6.07) is 10.4. The van der Waals surface area contributed by atoms with Crippen LogP contribution < -0.4 is 5.32 Å². The van der Waals surface area contributed by atoms with Crippen molar-refractivity contribution < 1.29 is 4.79 Å². The molecule has 0 aliphatic rings. The first-order chi connectivity index (χ1) is 7.24. The molecule has 1 unspecified atom stereocenters. The number of amides is 1. The highest BCUT2D eigenvalue weighted by Gasteiger charge is 2.06. The van der Waals surface area contributed by atoms with Gasteiger partial charge < -0.3 is 5.32 Å². The number of nitrogens with one attached hydrogen (secondary N) is 1. The summed E-state index contributed by atoms with van der Waals surface area (Å²) in [7, 11) is 1.67. The summed E-state index contributed by atoms with van der Waals surface area (Å²) in [5.74, 6) is 0.984. The summed E-state index contributed by atoms with van der Waals surface area (Å²) in [6.45, 7) is 2.17. The molecule has 2 nitrogen and oxygen atoms in total. The van der Waals surface area contributed by atoms with Crippen molar-refractivity contribution in [2.75, 3.05) is 12.8 Å². The maximum absolute atomic E-state index is 11.0. The van der Waals surface area contributed by atoms with Crippen molar-refractivity contribution >= 4 is 17.7 Å². The van der Waals surface area contributed by atoms with E-state index in [1.54, 1.807) is 7.05 Å². The van der Waals surface area contributed by atoms with Gasteiger partial charge in [0.2, 0.25) is 5.91 Å². The van der Waals surface area contributed by atoms with Gasteiger partial charge in [-0.25, -0.2) is 0 Å². The van der Waals surface area contributed by atoms with Gasteiger partial charge in [0, 0.05) is 24.5 Å². The zero-order valence-corrected chi connectivity index (χ0v) is 10.0. The minimum absolute atomic E-state index is 0.114. The largest absolute Gasteiger partial charge is 0.359 e. The van der Waals surface area contributed by atoms with E-state index in [-0.39, 0.29) is 5.91 Å². The highest BCUT2D eigenvalue weighted by molar-refractivity contribution is 7.99. The van der Waals surface area contributed by atoms with Crippen molar-refractivity contribution in [2.45, 2.75) is 18.6 Å². The summed E-state index contributed by atoms with van der Waals surface area (Å²) < 4.78 is 0. The molecule has 82 valence electrons. The van der Waals surface area contributed by atoms with E-state index in [1.165, 1.54) is 5.56 Å². The molecule has 1 N–H and O–H groups in total. The minimum atomic E-state index is 0.114. The number of hydrogen-bond acceptors (Lipinski definition) is 2. The second kappa shape index (κ2) is 6.51. The van der Waals surface area contributed by atoms with Crippen molar-refractivity contribution in [3.05, 3.63) is 35.9 Å². The van der Waals surface area contributed by atoms with Crippen molar-refractivity contribution in [1.29, 1.82) is 0 Å². The lowest BCUT2D eigenvalue weighted by Gasteiger charge is -2.10. The highest BCUT2D eigenvalue weighted by Crippen LogP contribution is 2.27. The predicted octanol–water partition coefficient (Wildman–Crippen LogP) is 2.62. The summed E-state index contributed by atoms with van der Waals surface area (Å²) in [5.41, 5.74) is 1.32. The lowest BCUT2D eigenvalue weighted by molar-refractivity contribution is -0.120. The third-order valence-electron chi connectivity index (χ3n) is 2.24. The van der Waals surface area contributed by atoms with Gasteiger partial charge in [0.05, 0.1) is 0 Å². The van der Waals surface area contributed by atoms with Gasteiger partial charge in [-0.15, -0.1) is 0 Å². The Balaban J connectivity index is 2.31. The summed E-state index contributed by atoms with van der Waals surface area (Å²) >= 11 is 1.81. The molecule has 15 heavy (non-hydrogen) atoms. The van der Waals surface area contributed by atoms with E-state index in [4.69, 9.17) is 0 Å². The van der Waals surface area contributed by atoms with E-state index in [0.717, 1.165) is 5.75 Å². The standard InChI is InChI=1S/C12H17NOS/c1-10(11-6-4-3-5-7-11)15-9-8-12(14)13-2/h3-7,10H,8-9H2,1-2H3,(H,13,14). The molecule has 0 aliphatic heterocycles. The molecular weight excluding hydrogens is 206 g/mol. The SMILES string of the molecule is CNC(=O)CCSC(C)c1ccccc1. The van der Waals surface area contributed by atoms with Crippen molar-refractivity contribution in [2.24, 2.45) is 0 Å². The Bertz CT molecular complexity index is 300. The van der Waals surface area contributed by atoms with Gasteiger partial charge in [0.25, 0.3) is 0 Å². The van der Waals surface area contributed by atoms with Crippen LogP contribution in [0.15, 0.2) is 30.3 Å².